The second kappa shape index (κ2) is 11.0. The van der Waals surface area contributed by atoms with E-state index < -0.39 is 5.97 Å². The molecule has 0 aliphatic carbocycles. The molecule has 192 valence electrons. The monoisotopic (exact) mass is 498 g/mol. The van der Waals surface area contributed by atoms with Crippen LogP contribution in [0.15, 0.2) is 78.9 Å². The Labute approximate surface area is 218 Å². The van der Waals surface area contributed by atoms with Gasteiger partial charge in [-0.3, -0.25) is 9.59 Å². The predicted molar refractivity (Wildman–Crippen MR) is 145 cm³/mol. The van der Waals surface area contributed by atoms with Crippen molar-refractivity contribution in [3.63, 3.8) is 0 Å². The van der Waals surface area contributed by atoms with E-state index in [-0.39, 0.29) is 46.9 Å². The Morgan fingerprint density at radius 1 is 0.946 bits per heavy atom. The van der Waals surface area contributed by atoms with Gasteiger partial charge in [0.2, 0.25) is 5.91 Å². The van der Waals surface area contributed by atoms with Gasteiger partial charge in [0.25, 0.3) is 5.91 Å². The van der Waals surface area contributed by atoms with Crippen LogP contribution in [-0.2, 0) is 14.9 Å². The molecule has 1 N–H and O–H groups in total. The van der Waals surface area contributed by atoms with Gasteiger partial charge < -0.3 is 15.0 Å². The van der Waals surface area contributed by atoms with E-state index in [9.17, 15) is 14.4 Å². The Balaban J connectivity index is 1.37. The van der Waals surface area contributed by atoms with Gasteiger partial charge in [0.05, 0.1) is 23.8 Å². The Bertz CT molecular complexity index is 1260. The number of esters is 1. The van der Waals surface area contributed by atoms with Crippen LogP contribution in [0.25, 0.3) is 0 Å². The second-order valence-electron chi connectivity index (χ2n) is 10.6. The third-order valence-electron chi connectivity index (χ3n) is 6.74. The number of benzene rings is 3. The summed E-state index contributed by atoms with van der Waals surface area (Å²) >= 11 is 0. The summed E-state index contributed by atoms with van der Waals surface area (Å²) in [6.45, 7) is 8.94. The van der Waals surface area contributed by atoms with Crippen LogP contribution in [-0.4, -0.2) is 30.9 Å². The van der Waals surface area contributed by atoms with Gasteiger partial charge >= 0.3 is 5.97 Å². The average Bonchev–Trinajstić information content (AvgIpc) is 3.27. The van der Waals surface area contributed by atoms with Crippen molar-refractivity contribution in [2.75, 3.05) is 18.1 Å². The fraction of sp³-hybridized carbons (Fsp3) is 0.323. The molecule has 1 fully saturated rings. The molecule has 6 nitrogen and oxygen atoms in total. The van der Waals surface area contributed by atoms with Crippen LogP contribution in [0.2, 0.25) is 0 Å². The summed E-state index contributed by atoms with van der Waals surface area (Å²) in [5.41, 5.74) is 3.53. The second-order valence-corrected chi connectivity index (χ2v) is 10.6. The molecule has 3 aromatic rings. The molecule has 2 atom stereocenters. The van der Waals surface area contributed by atoms with Gasteiger partial charge in [0, 0.05) is 24.6 Å². The first-order chi connectivity index (χ1) is 17.6. The number of ether oxygens (including phenoxy) is 1. The highest BCUT2D eigenvalue weighted by molar-refractivity contribution is 6.05. The normalized spacial score (nSPS) is 16.4. The standard InChI is InChI=1S/C31H34N2O4/c1-21(23-10-6-5-7-11-23)32-29(35)26-12-8-9-13-27(26)30(36)37-20-22-18-28(34)33(19-22)25-16-14-24(15-17-25)31(2,3)4/h5-17,21-22H,18-20H2,1-4H3,(H,32,35)/t21-,22-/m0/s1. The molecule has 0 spiro atoms. The van der Waals surface area contributed by atoms with Gasteiger partial charge in [0.1, 0.15) is 0 Å². The third kappa shape index (κ3) is 6.26. The first-order valence-electron chi connectivity index (χ1n) is 12.7. The van der Waals surface area contributed by atoms with Crippen LogP contribution >= 0.6 is 0 Å². The van der Waals surface area contributed by atoms with Gasteiger partial charge in [-0.15, -0.1) is 0 Å². The highest BCUT2D eigenvalue weighted by Gasteiger charge is 2.32. The number of hydrogen-bond acceptors (Lipinski definition) is 4. The number of amides is 2. The Kier molecular flexibility index (Phi) is 7.77. The number of rotatable bonds is 7. The lowest BCUT2D eigenvalue weighted by molar-refractivity contribution is -0.117. The van der Waals surface area contributed by atoms with Gasteiger partial charge in [-0.2, -0.15) is 0 Å². The number of hydrogen-bond donors (Lipinski definition) is 1. The zero-order valence-electron chi connectivity index (χ0n) is 21.9. The number of carbonyl (C=O) groups is 3. The maximum Gasteiger partial charge on any atom is 0.338 e. The van der Waals surface area contributed by atoms with E-state index in [0.29, 0.717) is 13.0 Å². The molecule has 1 heterocycles. The maximum atomic E-state index is 13.0. The summed E-state index contributed by atoms with van der Waals surface area (Å²) < 4.78 is 5.59. The van der Waals surface area contributed by atoms with Crippen molar-refractivity contribution in [1.82, 2.24) is 5.32 Å². The van der Waals surface area contributed by atoms with Crippen LogP contribution in [0.5, 0.6) is 0 Å². The first kappa shape index (κ1) is 26.1. The van der Waals surface area contributed by atoms with Gasteiger partial charge in [0.15, 0.2) is 0 Å². The molecule has 2 amide bonds. The van der Waals surface area contributed by atoms with Gasteiger partial charge in [-0.25, -0.2) is 4.79 Å². The average molecular weight is 499 g/mol. The van der Waals surface area contributed by atoms with Crippen LogP contribution in [0.3, 0.4) is 0 Å². The minimum absolute atomic E-state index is 0.0132. The molecule has 4 rings (SSSR count). The quantitative estimate of drug-likeness (QED) is 0.425. The summed E-state index contributed by atoms with van der Waals surface area (Å²) in [7, 11) is 0. The summed E-state index contributed by atoms with van der Waals surface area (Å²) in [6, 6.07) is 24.1. The van der Waals surface area contributed by atoms with Crippen molar-refractivity contribution in [3.8, 4) is 0 Å². The summed E-state index contributed by atoms with van der Waals surface area (Å²) in [5, 5.41) is 2.95. The van der Waals surface area contributed by atoms with Crippen molar-refractivity contribution in [2.45, 2.75) is 45.6 Å². The molecule has 0 bridgehead atoms. The zero-order chi connectivity index (χ0) is 26.6. The lowest BCUT2D eigenvalue weighted by Crippen LogP contribution is -2.28. The minimum atomic E-state index is -0.571. The van der Waals surface area contributed by atoms with Gasteiger partial charge in [-0.1, -0.05) is 75.4 Å². The minimum Gasteiger partial charge on any atom is -0.462 e. The Hall–Kier alpha value is -3.93. The molecular formula is C31H34N2O4. The Morgan fingerprint density at radius 2 is 1.57 bits per heavy atom. The molecule has 0 radical (unpaired) electrons. The molecule has 37 heavy (non-hydrogen) atoms. The van der Waals surface area contributed by atoms with E-state index in [1.54, 1.807) is 29.2 Å². The molecule has 6 heteroatoms. The van der Waals surface area contributed by atoms with Crippen molar-refractivity contribution in [1.29, 1.82) is 0 Å². The van der Waals surface area contributed by atoms with E-state index in [1.165, 1.54) is 5.56 Å². The van der Waals surface area contributed by atoms with Crippen LogP contribution in [0.1, 0.15) is 72.0 Å². The first-order valence-corrected chi connectivity index (χ1v) is 12.7. The topological polar surface area (TPSA) is 75.7 Å². The Morgan fingerprint density at radius 3 is 2.22 bits per heavy atom. The molecule has 0 unspecified atom stereocenters. The highest BCUT2D eigenvalue weighted by atomic mass is 16.5. The van der Waals surface area contributed by atoms with Crippen LogP contribution in [0.4, 0.5) is 5.69 Å². The fourth-order valence-corrected chi connectivity index (χ4v) is 4.51. The number of nitrogens with zero attached hydrogens (tertiary/aromatic N) is 1. The number of carbonyl (C=O) groups excluding carboxylic acids is 3. The predicted octanol–water partition coefficient (Wildman–Crippen LogP) is 5.69. The molecule has 1 saturated heterocycles. The van der Waals surface area contributed by atoms with E-state index in [4.69, 9.17) is 4.74 Å². The van der Waals surface area contributed by atoms with Crippen LogP contribution in [0, 0.1) is 5.92 Å². The molecular weight excluding hydrogens is 464 g/mol. The molecule has 0 saturated carbocycles. The molecule has 3 aromatic carbocycles. The smallest absolute Gasteiger partial charge is 0.338 e. The van der Waals surface area contributed by atoms with E-state index in [2.05, 4.69) is 38.2 Å². The SMILES string of the molecule is C[C@H](NC(=O)c1ccccc1C(=O)OC[C@H]1CC(=O)N(c2ccc(C(C)(C)C)cc2)C1)c1ccccc1. The maximum absolute atomic E-state index is 13.0. The number of nitrogens with one attached hydrogen (secondary N) is 1. The lowest BCUT2D eigenvalue weighted by atomic mass is 9.87. The highest BCUT2D eigenvalue weighted by Crippen LogP contribution is 2.29. The lowest BCUT2D eigenvalue weighted by Gasteiger charge is -2.21. The summed E-state index contributed by atoms with van der Waals surface area (Å²) in [6.07, 6.45) is 0.311. The largest absolute Gasteiger partial charge is 0.462 e. The summed E-state index contributed by atoms with van der Waals surface area (Å²) in [4.78, 5) is 40.3. The van der Waals surface area contributed by atoms with Crippen molar-refractivity contribution >= 4 is 23.5 Å². The van der Waals surface area contributed by atoms with E-state index in [1.807, 2.05) is 49.4 Å². The fourth-order valence-electron chi connectivity index (χ4n) is 4.51. The van der Waals surface area contributed by atoms with E-state index >= 15 is 0 Å². The molecule has 1 aliphatic heterocycles. The van der Waals surface area contributed by atoms with Crippen molar-refractivity contribution < 1.29 is 19.1 Å². The molecule has 0 aromatic heterocycles. The zero-order valence-corrected chi connectivity index (χ0v) is 21.9. The van der Waals surface area contributed by atoms with Crippen molar-refractivity contribution in [2.24, 2.45) is 5.92 Å². The van der Waals surface area contributed by atoms with Crippen LogP contribution < -0.4 is 10.2 Å². The van der Waals surface area contributed by atoms with Crippen molar-refractivity contribution in [3.05, 3.63) is 101 Å². The van der Waals surface area contributed by atoms with Gasteiger partial charge in [-0.05, 0) is 47.7 Å². The number of anilines is 1. The third-order valence-corrected chi connectivity index (χ3v) is 6.74. The summed E-state index contributed by atoms with van der Waals surface area (Å²) in [5.74, 6) is -1.01. The van der Waals surface area contributed by atoms with E-state index in [0.717, 1.165) is 11.3 Å². The molecule has 1 aliphatic rings.